The van der Waals surface area contributed by atoms with Gasteiger partial charge in [-0.15, -0.1) is 0 Å². The second-order valence-electron chi connectivity index (χ2n) is 3.88. The van der Waals surface area contributed by atoms with Crippen LogP contribution in [0.25, 0.3) is 0 Å². The minimum Gasteiger partial charge on any atom is -0.394 e. The lowest BCUT2D eigenvalue weighted by Crippen LogP contribution is -2.58. The van der Waals surface area contributed by atoms with Crippen molar-refractivity contribution in [1.29, 1.82) is 0 Å². The van der Waals surface area contributed by atoms with Gasteiger partial charge in [-0.2, -0.15) is 0 Å². The van der Waals surface area contributed by atoms with Crippen LogP contribution >= 0.6 is 0 Å². The largest absolute Gasteiger partial charge is 0.394 e. The molecular weight excluding hydrogens is 198 g/mol. The quantitative estimate of drug-likeness (QED) is 0.433. The molecule has 0 aromatic rings. The fourth-order valence-corrected chi connectivity index (χ4v) is 1.46. The molecule has 0 bridgehead atoms. The predicted molar refractivity (Wildman–Crippen MR) is 54.0 cm³/mol. The second-order valence-corrected chi connectivity index (χ2v) is 3.88. The van der Waals surface area contributed by atoms with E-state index in [1.165, 1.54) is 0 Å². The predicted octanol–water partition coefficient (Wildman–Crippen LogP) is -1.22. The topological polar surface area (TPSA) is 89.8 Å². The summed E-state index contributed by atoms with van der Waals surface area (Å²) in [5.41, 5.74) is -1.31. The van der Waals surface area contributed by atoms with Crippen molar-refractivity contribution in [3.05, 3.63) is 12.2 Å². The molecule has 5 heteroatoms. The minimum absolute atomic E-state index is 0.144. The molecule has 0 saturated heterocycles. The third-order valence-electron chi connectivity index (χ3n) is 2.68. The van der Waals surface area contributed by atoms with Crippen LogP contribution in [-0.2, 0) is 4.79 Å². The van der Waals surface area contributed by atoms with Crippen molar-refractivity contribution in [3.8, 4) is 0 Å². The first-order chi connectivity index (χ1) is 7.17. The lowest BCUT2D eigenvalue weighted by Gasteiger charge is -2.29. The van der Waals surface area contributed by atoms with E-state index in [1.54, 1.807) is 0 Å². The Bertz CT molecular complexity index is 232. The van der Waals surface area contributed by atoms with Crippen LogP contribution in [-0.4, -0.2) is 46.6 Å². The molecule has 0 radical (unpaired) electrons. The first kappa shape index (κ1) is 12.2. The van der Waals surface area contributed by atoms with E-state index in [-0.39, 0.29) is 11.8 Å². The minimum atomic E-state index is -1.31. The highest BCUT2D eigenvalue weighted by molar-refractivity contribution is 5.80. The fraction of sp³-hybridized carbons (Fsp3) is 0.700. The molecule has 4 N–H and O–H groups in total. The van der Waals surface area contributed by atoms with Crippen LogP contribution < -0.4 is 5.32 Å². The van der Waals surface area contributed by atoms with Crippen molar-refractivity contribution in [3.63, 3.8) is 0 Å². The van der Waals surface area contributed by atoms with E-state index < -0.39 is 25.4 Å². The van der Waals surface area contributed by atoms with Gasteiger partial charge in [0, 0.05) is 5.92 Å². The molecule has 15 heavy (non-hydrogen) atoms. The van der Waals surface area contributed by atoms with Gasteiger partial charge in [0.15, 0.2) is 0 Å². The standard InChI is InChI=1S/C10H17NO4/c12-5-10(6-13,7-14)11-9(15)8-3-1-2-4-8/h1-2,8,12-14H,3-7H2,(H,11,15). The number of allylic oxidation sites excluding steroid dienone is 2. The van der Waals surface area contributed by atoms with Crippen molar-refractivity contribution in [2.75, 3.05) is 19.8 Å². The number of aliphatic hydroxyl groups is 3. The van der Waals surface area contributed by atoms with Crippen molar-refractivity contribution in [2.24, 2.45) is 5.92 Å². The number of hydrogen-bond acceptors (Lipinski definition) is 4. The van der Waals surface area contributed by atoms with E-state index in [0.717, 1.165) is 0 Å². The summed E-state index contributed by atoms with van der Waals surface area (Å²) in [6.07, 6.45) is 5.18. The van der Waals surface area contributed by atoms with E-state index in [9.17, 15) is 4.79 Å². The van der Waals surface area contributed by atoms with Gasteiger partial charge in [-0.05, 0) is 12.8 Å². The highest BCUT2D eigenvalue weighted by atomic mass is 16.3. The lowest BCUT2D eigenvalue weighted by molar-refractivity contribution is -0.129. The van der Waals surface area contributed by atoms with Gasteiger partial charge in [-0.25, -0.2) is 0 Å². The lowest BCUT2D eigenvalue weighted by atomic mass is 10.00. The molecule has 0 aliphatic heterocycles. The van der Waals surface area contributed by atoms with Gasteiger partial charge < -0.3 is 20.6 Å². The molecule has 0 atom stereocenters. The summed E-state index contributed by atoms with van der Waals surface area (Å²) in [7, 11) is 0. The highest BCUT2D eigenvalue weighted by Crippen LogP contribution is 2.18. The van der Waals surface area contributed by atoms with E-state index >= 15 is 0 Å². The van der Waals surface area contributed by atoms with Crippen LogP contribution in [0, 0.1) is 5.92 Å². The van der Waals surface area contributed by atoms with Gasteiger partial charge in [0.2, 0.25) is 5.91 Å². The van der Waals surface area contributed by atoms with Gasteiger partial charge in [0.1, 0.15) is 5.54 Å². The molecule has 1 amide bonds. The van der Waals surface area contributed by atoms with Crippen LogP contribution in [0.15, 0.2) is 12.2 Å². The van der Waals surface area contributed by atoms with Crippen molar-refractivity contribution in [2.45, 2.75) is 18.4 Å². The number of nitrogens with one attached hydrogen (secondary N) is 1. The maximum Gasteiger partial charge on any atom is 0.224 e. The molecular formula is C10H17NO4. The number of hydrogen-bond donors (Lipinski definition) is 4. The molecule has 0 spiro atoms. The summed E-state index contributed by atoms with van der Waals surface area (Å²) >= 11 is 0. The molecule has 0 unspecified atom stereocenters. The normalized spacial score (nSPS) is 17.0. The van der Waals surface area contributed by atoms with Gasteiger partial charge >= 0.3 is 0 Å². The summed E-state index contributed by atoms with van der Waals surface area (Å²) in [5.74, 6) is -0.383. The summed E-state index contributed by atoms with van der Waals surface area (Å²) in [6.45, 7) is -1.44. The fourth-order valence-electron chi connectivity index (χ4n) is 1.46. The number of carbonyl (C=O) groups is 1. The van der Waals surface area contributed by atoms with Crippen molar-refractivity contribution >= 4 is 5.91 Å². The molecule has 0 saturated carbocycles. The Labute approximate surface area is 88.4 Å². The van der Waals surface area contributed by atoms with E-state index in [0.29, 0.717) is 12.8 Å². The number of carbonyl (C=O) groups excluding carboxylic acids is 1. The van der Waals surface area contributed by atoms with Crippen LogP contribution in [0.1, 0.15) is 12.8 Å². The van der Waals surface area contributed by atoms with Crippen LogP contribution in [0.5, 0.6) is 0 Å². The Morgan fingerprint density at radius 1 is 1.20 bits per heavy atom. The Morgan fingerprint density at radius 3 is 2.07 bits per heavy atom. The van der Waals surface area contributed by atoms with E-state index in [2.05, 4.69) is 5.32 Å². The monoisotopic (exact) mass is 215 g/mol. The number of aliphatic hydroxyl groups excluding tert-OH is 3. The SMILES string of the molecule is O=C(NC(CO)(CO)CO)C1CC=CC1. The molecule has 0 aromatic heterocycles. The molecule has 0 fully saturated rings. The number of amides is 1. The first-order valence-electron chi connectivity index (χ1n) is 4.97. The third kappa shape index (κ3) is 2.77. The second kappa shape index (κ2) is 5.25. The van der Waals surface area contributed by atoms with Crippen LogP contribution in [0.3, 0.4) is 0 Å². The van der Waals surface area contributed by atoms with E-state index in [1.807, 2.05) is 12.2 Å². The molecule has 1 aliphatic carbocycles. The molecule has 0 aromatic carbocycles. The zero-order valence-corrected chi connectivity index (χ0v) is 8.52. The summed E-state index contributed by atoms with van der Waals surface area (Å²) in [6, 6.07) is 0. The molecule has 0 heterocycles. The van der Waals surface area contributed by atoms with Crippen molar-refractivity contribution < 1.29 is 20.1 Å². The summed E-state index contributed by atoms with van der Waals surface area (Å²) in [4.78, 5) is 11.7. The Hall–Kier alpha value is -0.910. The molecule has 1 aliphatic rings. The van der Waals surface area contributed by atoms with Gasteiger partial charge in [0.05, 0.1) is 19.8 Å². The van der Waals surface area contributed by atoms with Crippen LogP contribution in [0.4, 0.5) is 0 Å². The first-order valence-corrected chi connectivity index (χ1v) is 4.97. The average Bonchev–Trinajstić information content (AvgIpc) is 2.79. The Morgan fingerprint density at radius 2 is 1.67 bits per heavy atom. The molecule has 1 rings (SSSR count). The molecule has 86 valence electrons. The third-order valence-corrected chi connectivity index (χ3v) is 2.68. The number of rotatable bonds is 5. The smallest absolute Gasteiger partial charge is 0.224 e. The zero-order chi connectivity index (χ0) is 11.3. The van der Waals surface area contributed by atoms with E-state index in [4.69, 9.17) is 15.3 Å². The molecule has 5 nitrogen and oxygen atoms in total. The van der Waals surface area contributed by atoms with Gasteiger partial charge in [0.25, 0.3) is 0 Å². The maximum atomic E-state index is 11.7. The van der Waals surface area contributed by atoms with Gasteiger partial charge in [-0.1, -0.05) is 12.2 Å². The zero-order valence-electron chi connectivity index (χ0n) is 8.52. The van der Waals surface area contributed by atoms with Gasteiger partial charge in [-0.3, -0.25) is 4.79 Å². The summed E-state index contributed by atoms with van der Waals surface area (Å²) < 4.78 is 0. The average molecular weight is 215 g/mol. The Balaban J connectivity index is 2.54. The summed E-state index contributed by atoms with van der Waals surface area (Å²) in [5, 5.41) is 29.5. The van der Waals surface area contributed by atoms with Crippen LogP contribution in [0.2, 0.25) is 0 Å². The van der Waals surface area contributed by atoms with Crippen molar-refractivity contribution in [1.82, 2.24) is 5.32 Å². The highest BCUT2D eigenvalue weighted by Gasteiger charge is 2.32. The maximum absolute atomic E-state index is 11.7. The Kier molecular flexibility index (Phi) is 4.26.